The van der Waals surface area contributed by atoms with Gasteiger partial charge in [-0.2, -0.15) is 0 Å². The molecule has 5 atom stereocenters. The van der Waals surface area contributed by atoms with Crippen molar-refractivity contribution in [3.05, 3.63) is 143 Å². The standard InChI is InChI=1S/C36H32O9/c1-42-34(39)30(23-14-6-3-7-15-23)44-32(37)27-22-25-18-12-13-21-28(25)36(41,26-19-10-5-11-20-26)29(27)33(38)45-31(35(40)43-2)24-16-8-4-9-17-24/h3-21,27,29-31,41H,22H2,1-2H3/t27-,29-,30+,31+,36-/m0/s1. The van der Waals surface area contributed by atoms with Crippen molar-refractivity contribution in [3.63, 3.8) is 0 Å². The van der Waals surface area contributed by atoms with E-state index in [1.165, 1.54) is 14.2 Å². The molecule has 0 aliphatic heterocycles. The van der Waals surface area contributed by atoms with E-state index >= 15 is 0 Å². The van der Waals surface area contributed by atoms with Gasteiger partial charge >= 0.3 is 23.9 Å². The van der Waals surface area contributed by atoms with Crippen LogP contribution in [0.2, 0.25) is 0 Å². The summed E-state index contributed by atoms with van der Waals surface area (Å²) in [4.78, 5) is 54.2. The molecule has 45 heavy (non-hydrogen) atoms. The maximum Gasteiger partial charge on any atom is 0.351 e. The molecule has 1 N–H and O–H groups in total. The Labute approximate surface area is 260 Å². The van der Waals surface area contributed by atoms with Crippen molar-refractivity contribution in [2.24, 2.45) is 11.8 Å². The molecule has 1 aliphatic rings. The number of hydrogen-bond acceptors (Lipinski definition) is 9. The van der Waals surface area contributed by atoms with Crippen LogP contribution in [0.25, 0.3) is 0 Å². The van der Waals surface area contributed by atoms with Crippen molar-refractivity contribution >= 4 is 23.9 Å². The summed E-state index contributed by atoms with van der Waals surface area (Å²) < 4.78 is 21.5. The number of hydrogen-bond donors (Lipinski definition) is 1. The number of methoxy groups -OCH3 is 2. The molecule has 230 valence electrons. The lowest BCUT2D eigenvalue weighted by Crippen LogP contribution is -2.52. The first-order valence-electron chi connectivity index (χ1n) is 14.3. The van der Waals surface area contributed by atoms with Crippen LogP contribution in [-0.4, -0.2) is 43.2 Å². The Kier molecular flexibility index (Phi) is 9.39. The van der Waals surface area contributed by atoms with Gasteiger partial charge in [0.15, 0.2) is 0 Å². The van der Waals surface area contributed by atoms with Crippen LogP contribution in [0.15, 0.2) is 115 Å². The number of fused-ring (bicyclic) bond motifs is 1. The normalized spacial score (nSPS) is 20.1. The molecule has 0 unspecified atom stereocenters. The highest BCUT2D eigenvalue weighted by Gasteiger charge is 2.57. The molecule has 0 amide bonds. The highest BCUT2D eigenvalue weighted by atomic mass is 16.6. The summed E-state index contributed by atoms with van der Waals surface area (Å²) >= 11 is 0. The third-order valence-corrected chi connectivity index (χ3v) is 7.99. The maximum atomic E-state index is 14.4. The molecular weight excluding hydrogens is 576 g/mol. The number of carbonyl (C=O) groups is 4. The minimum atomic E-state index is -2.10. The second-order valence-electron chi connectivity index (χ2n) is 10.6. The molecule has 0 heterocycles. The van der Waals surface area contributed by atoms with Gasteiger partial charge in [0.2, 0.25) is 12.2 Å². The zero-order valence-corrected chi connectivity index (χ0v) is 24.7. The van der Waals surface area contributed by atoms with E-state index in [0.717, 1.165) is 0 Å². The molecule has 0 aromatic heterocycles. The van der Waals surface area contributed by atoms with Crippen molar-refractivity contribution in [2.45, 2.75) is 24.2 Å². The Morgan fingerprint density at radius 2 is 1.09 bits per heavy atom. The molecule has 0 radical (unpaired) electrons. The van der Waals surface area contributed by atoms with Gasteiger partial charge in [0.25, 0.3) is 0 Å². The van der Waals surface area contributed by atoms with Gasteiger partial charge in [-0.05, 0) is 23.1 Å². The van der Waals surface area contributed by atoms with E-state index in [4.69, 9.17) is 18.9 Å². The Hall–Kier alpha value is -5.28. The van der Waals surface area contributed by atoms with Crippen molar-refractivity contribution in [3.8, 4) is 0 Å². The largest absolute Gasteiger partial charge is 0.466 e. The van der Waals surface area contributed by atoms with Crippen LogP contribution in [0.4, 0.5) is 0 Å². The number of aliphatic hydroxyl groups is 1. The zero-order valence-electron chi connectivity index (χ0n) is 24.7. The number of benzene rings is 4. The minimum absolute atomic E-state index is 0.0270. The van der Waals surface area contributed by atoms with E-state index in [1.54, 1.807) is 115 Å². The summed E-state index contributed by atoms with van der Waals surface area (Å²) in [5.41, 5.74) is -0.0890. The van der Waals surface area contributed by atoms with Gasteiger partial charge < -0.3 is 24.1 Å². The quantitative estimate of drug-likeness (QED) is 0.214. The molecule has 0 spiro atoms. The van der Waals surface area contributed by atoms with Crippen LogP contribution in [-0.2, 0) is 50.1 Å². The summed E-state index contributed by atoms with van der Waals surface area (Å²) in [6.45, 7) is 0. The molecule has 0 bridgehead atoms. The molecular formula is C36H32O9. The first-order chi connectivity index (χ1) is 21.8. The third-order valence-electron chi connectivity index (χ3n) is 7.99. The smallest absolute Gasteiger partial charge is 0.351 e. The summed E-state index contributed by atoms with van der Waals surface area (Å²) in [6.07, 6.45) is -2.94. The number of ether oxygens (including phenoxy) is 4. The topological polar surface area (TPSA) is 125 Å². The Morgan fingerprint density at radius 1 is 0.644 bits per heavy atom. The summed E-state index contributed by atoms with van der Waals surface area (Å²) in [5, 5.41) is 12.7. The Morgan fingerprint density at radius 3 is 1.60 bits per heavy atom. The van der Waals surface area contributed by atoms with Gasteiger partial charge in [-0.1, -0.05) is 115 Å². The van der Waals surface area contributed by atoms with Crippen molar-refractivity contribution in [1.82, 2.24) is 0 Å². The molecule has 0 saturated carbocycles. The summed E-state index contributed by atoms with van der Waals surface area (Å²) in [5.74, 6) is -6.59. The van der Waals surface area contributed by atoms with Gasteiger partial charge in [0, 0.05) is 11.1 Å². The molecule has 4 aromatic carbocycles. The maximum absolute atomic E-state index is 14.4. The fourth-order valence-corrected chi connectivity index (χ4v) is 5.83. The first kappa shape index (κ1) is 31.2. The number of rotatable bonds is 9. The lowest BCUT2D eigenvalue weighted by atomic mass is 9.63. The second-order valence-corrected chi connectivity index (χ2v) is 10.6. The molecule has 9 nitrogen and oxygen atoms in total. The Bertz CT molecular complexity index is 1660. The Balaban J connectivity index is 1.63. The number of esters is 4. The summed E-state index contributed by atoms with van der Waals surface area (Å²) in [6, 6.07) is 31.9. The lowest BCUT2D eigenvalue weighted by molar-refractivity contribution is -0.186. The SMILES string of the molecule is COC(=O)[C@H](OC(=O)[C@H]1Cc2ccccc2[C@@](O)(c2ccccc2)[C@@H]1C(=O)O[C@@H](C(=O)OC)c1ccccc1)c1ccccc1. The highest BCUT2D eigenvalue weighted by molar-refractivity contribution is 5.89. The molecule has 4 aromatic rings. The van der Waals surface area contributed by atoms with Gasteiger partial charge in [0.1, 0.15) is 11.5 Å². The van der Waals surface area contributed by atoms with E-state index in [9.17, 15) is 24.3 Å². The van der Waals surface area contributed by atoms with Crippen LogP contribution in [0.1, 0.15) is 40.0 Å². The van der Waals surface area contributed by atoms with Crippen LogP contribution < -0.4 is 0 Å². The van der Waals surface area contributed by atoms with Crippen molar-refractivity contribution in [2.75, 3.05) is 14.2 Å². The van der Waals surface area contributed by atoms with Crippen LogP contribution in [0, 0.1) is 11.8 Å². The monoisotopic (exact) mass is 608 g/mol. The van der Waals surface area contributed by atoms with Gasteiger partial charge in [-0.15, -0.1) is 0 Å². The predicted molar refractivity (Wildman–Crippen MR) is 161 cm³/mol. The lowest BCUT2D eigenvalue weighted by Gasteiger charge is -2.44. The van der Waals surface area contributed by atoms with Crippen LogP contribution in [0.3, 0.4) is 0 Å². The fourth-order valence-electron chi connectivity index (χ4n) is 5.83. The van der Waals surface area contributed by atoms with E-state index in [0.29, 0.717) is 27.8 Å². The molecule has 0 saturated heterocycles. The van der Waals surface area contributed by atoms with E-state index in [1.807, 2.05) is 0 Å². The zero-order chi connectivity index (χ0) is 32.0. The minimum Gasteiger partial charge on any atom is -0.466 e. The van der Waals surface area contributed by atoms with Gasteiger partial charge in [-0.3, -0.25) is 9.59 Å². The predicted octanol–water partition coefficient (Wildman–Crippen LogP) is 4.63. The highest BCUT2D eigenvalue weighted by Crippen LogP contribution is 2.49. The molecule has 9 heteroatoms. The van der Waals surface area contributed by atoms with Crippen LogP contribution >= 0.6 is 0 Å². The molecule has 0 fully saturated rings. The van der Waals surface area contributed by atoms with Gasteiger partial charge in [-0.25, -0.2) is 9.59 Å². The molecule has 5 rings (SSSR count). The van der Waals surface area contributed by atoms with Crippen molar-refractivity contribution < 1.29 is 43.2 Å². The van der Waals surface area contributed by atoms with E-state index in [-0.39, 0.29) is 6.42 Å². The fraction of sp³-hybridized carbons (Fsp3) is 0.222. The summed E-state index contributed by atoms with van der Waals surface area (Å²) in [7, 11) is 2.34. The van der Waals surface area contributed by atoms with Crippen molar-refractivity contribution in [1.29, 1.82) is 0 Å². The average molecular weight is 609 g/mol. The van der Waals surface area contributed by atoms with Gasteiger partial charge in [0.05, 0.1) is 20.1 Å². The van der Waals surface area contributed by atoms with E-state index < -0.39 is 53.5 Å². The average Bonchev–Trinajstić information content (AvgIpc) is 3.09. The van der Waals surface area contributed by atoms with E-state index in [2.05, 4.69) is 0 Å². The molecule has 1 aliphatic carbocycles. The first-order valence-corrected chi connectivity index (χ1v) is 14.3. The second kappa shape index (κ2) is 13.6. The van der Waals surface area contributed by atoms with Crippen LogP contribution in [0.5, 0.6) is 0 Å². The third kappa shape index (κ3) is 6.21. The number of carbonyl (C=O) groups excluding carboxylic acids is 4.